The number of hydrogen-bond acceptors (Lipinski definition) is 10. The normalized spacial score (nSPS) is 50.3. The van der Waals surface area contributed by atoms with E-state index in [9.17, 15) is 40.5 Å². The van der Waals surface area contributed by atoms with Crippen LogP contribution < -0.4 is 0 Å². The van der Waals surface area contributed by atoms with Crippen LogP contribution in [0.25, 0.3) is 0 Å². The molecular weight excluding hydrogens is 728 g/mol. The quantitative estimate of drug-likeness (QED) is 0.139. The fourth-order valence-electron chi connectivity index (χ4n) is 15.3. The number of carbonyl (C=O) groups is 1. The number of benzene rings is 1. The largest absolute Gasteiger partial charge is 0.481 e. The van der Waals surface area contributed by atoms with Gasteiger partial charge in [-0.25, -0.2) is 0 Å². The molecule has 1 heterocycles. The van der Waals surface area contributed by atoms with Crippen LogP contribution in [0.5, 0.6) is 0 Å². The lowest BCUT2D eigenvalue weighted by molar-refractivity contribution is -0.341. The Bertz CT molecular complexity index is 1700. The van der Waals surface area contributed by atoms with Crippen LogP contribution in [-0.2, 0) is 25.6 Å². The first kappa shape index (κ1) is 41.8. The molecular formula is C46H68O11. The fraction of sp³-hybridized carbons (Fsp3) is 0.804. The van der Waals surface area contributed by atoms with Gasteiger partial charge in [0.25, 0.3) is 0 Å². The molecule has 6 fully saturated rings. The van der Waals surface area contributed by atoms with Crippen LogP contribution in [-0.4, -0.2) is 104 Å². The number of carboxylic acid groups (broad SMARTS) is 1. The van der Waals surface area contributed by atoms with Crippen LogP contribution in [0.3, 0.4) is 0 Å². The summed E-state index contributed by atoms with van der Waals surface area (Å²) in [5.74, 6) is -1.24. The molecule has 1 saturated heterocycles. The van der Waals surface area contributed by atoms with Gasteiger partial charge >= 0.3 is 5.97 Å². The van der Waals surface area contributed by atoms with Gasteiger partial charge in [-0.15, -0.1) is 0 Å². The third-order valence-corrected chi connectivity index (χ3v) is 18.5. The second-order valence-electron chi connectivity index (χ2n) is 21.0. The average molecular weight is 797 g/mol. The van der Waals surface area contributed by atoms with Crippen molar-refractivity contribution in [2.45, 2.75) is 155 Å². The predicted octanol–water partition coefficient (Wildman–Crippen LogP) is 4.98. The smallest absolute Gasteiger partial charge is 0.312 e. The van der Waals surface area contributed by atoms with Crippen molar-refractivity contribution in [3.05, 3.63) is 47.5 Å². The molecule has 1 aromatic rings. The van der Waals surface area contributed by atoms with Crippen molar-refractivity contribution >= 4 is 5.97 Å². The van der Waals surface area contributed by atoms with Gasteiger partial charge in [-0.2, -0.15) is 0 Å². The van der Waals surface area contributed by atoms with Gasteiger partial charge in [0.2, 0.25) is 0 Å². The number of fused-ring (bicyclic) bond motifs is 8. The van der Waals surface area contributed by atoms with Crippen LogP contribution in [0, 0.1) is 55.7 Å². The number of rotatable bonds is 8. The molecule has 7 aliphatic rings. The van der Waals surface area contributed by atoms with Gasteiger partial charge in [0.1, 0.15) is 23.7 Å². The van der Waals surface area contributed by atoms with Crippen molar-refractivity contribution in [3.63, 3.8) is 0 Å². The lowest BCUT2D eigenvalue weighted by Gasteiger charge is -2.77. The van der Waals surface area contributed by atoms with E-state index in [-0.39, 0.29) is 59.7 Å². The third kappa shape index (κ3) is 5.79. The molecule has 7 N–H and O–H groups in total. The Morgan fingerprint density at radius 3 is 2.19 bits per heavy atom. The minimum absolute atomic E-state index is 0.0292. The first-order valence-corrected chi connectivity index (χ1v) is 21.7. The number of allylic oxidation sites excluding steroid dienone is 2. The Morgan fingerprint density at radius 2 is 1.54 bits per heavy atom. The zero-order chi connectivity index (χ0) is 41.0. The summed E-state index contributed by atoms with van der Waals surface area (Å²) in [6.07, 6.45) is 2.81. The summed E-state index contributed by atoms with van der Waals surface area (Å²) in [5.41, 5.74) is -1.77. The molecule has 2 unspecified atom stereocenters. The molecule has 1 aliphatic heterocycles. The Morgan fingerprint density at radius 1 is 0.842 bits per heavy atom. The summed E-state index contributed by atoms with van der Waals surface area (Å²) in [7, 11) is 0. The number of aliphatic carboxylic acids is 1. The molecule has 11 heteroatoms. The SMILES string of the molecule is C[C@@]1(CO)CC2C3=CC[C@H]4[C@@]5(C)C[C@@H](OCc6ccccc6)[C@@H](O[C@H]6OC[C@@H](O)[C@H](O)[C@H]6O)[C@@](C)(CO)C5CC5(CCCC5)[C@@]4(C)[C@]3(C)CC[C@]2(C(=O)O)[C@@H](O)C1. The van der Waals surface area contributed by atoms with E-state index in [1.807, 2.05) is 37.3 Å². The lowest BCUT2D eigenvalue weighted by Crippen LogP contribution is -2.73. The summed E-state index contributed by atoms with van der Waals surface area (Å²) in [5, 5.41) is 77.2. The van der Waals surface area contributed by atoms with Gasteiger partial charge in [-0.3, -0.25) is 4.79 Å². The van der Waals surface area contributed by atoms with Crippen molar-refractivity contribution in [2.75, 3.05) is 19.8 Å². The molecule has 0 radical (unpaired) electrons. The molecule has 1 aromatic carbocycles. The molecule has 318 valence electrons. The highest BCUT2D eigenvalue weighted by molar-refractivity contribution is 5.77. The summed E-state index contributed by atoms with van der Waals surface area (Å²) < 4.78 is 19.5. The van der Waals surface area contributed by atoms with Crippen molar-refractivity contribution < 1.29 is 54.8 Å². The van der Waals surface area contributed by atoms with Crippen molar-refractivity contribution in [3.8, 4) is 0 Å². The van der Waals surface area contributed by atoms with Gasteiger partial charge in [0.05, 0.1) is 38.1 Å². The van der Waals surface area contributed by atoms with E-state index in [0.29, 0.717) is 32.3 Å². The maximum atomic E-state index is 13.4. The Labute approximate surface area is 337 Å². The third-order valence-electron chi connectivity index (χ3n) is 18.5. The monoisotopic (exact) mass is 796 g/mol. The topological polar surface area (TPSA) is 186 Å². The first-order valence-electron chi connectivity index (χ1n) is 21.7. The Hall–Kier alpha value is -1.93. The molecule has 11 nitrogen and oxygen atoms in total. The summed E-state index contributed by atoms with van der Waals surface area (Å²) in [6.45, 7) is 11.2. The van der Waals surface area contributed by atoms with Crippen LogP contribution in [0.15, 0.2) is 42.0 Å². The fourth-order valence-corrected chi connectivity index (χ4v) is 15.3. The van der Waals surface area contributed by atoms with E-state index in [2.05, 4.69) is 33.8 Å². The average Bonchev–Trinajstić information content (AvgIpc) is 3.67. The van der Waals surface area contributed by atoms with Crippen molar-refractivity contribution in [2.24, 2.45) is 55.7 Å². The van der Waals surface area contributed by atoms with Crippen LogP contribution in [0.1, 0.15) is 111 Å². The number of aliphatic hydroxyl groups excluding tert-OH is 6. The van der Waals surface area contributed by atoms with E-state index in [1.54, 1.807) is 0 Å². The molecule has 0 amide bonds. The number of carboxylic acids is 1. The second kappa shape index (κ2) is 14.3. The van der Waals surface area contributed by atoms with E-state index in [1.165, 1.54) is 0 Å². The molecule has 5 saturated carbocycles. The Balaban J connectivity index is 1.25. The van der Waals surface area contributed by atoms with Gasteiger partial charge < -0.3 is 50.0 Å². The van der Waals surface area contributed by atoms with Gasteiger partial charge in [-0.05, 0) is 108 Å². The highest BCUT2D eigenvalue weighted by atomic mass is 16.7. The van der Waals surface area contributed by atoms with Crippen LogP contribution >= 0.6 is 0 Å². The van der Waals surface area contributed by atoms with Crippen LogP contribution in [0.2, 0.25) is 0 Å². The molecule has 57 heavy (non-hydrogen) atoms. The minimum atomic E-state index is -1.49. The first-order chi connectivity index (χ1) is 26.9. The van der Waals surface area contributed by atoms with Crippen molar-refractivity contribution in [1.29, 1.82) is 0 Å². The van der Waals surface area contributed by atoms with Gasteiger partial charge in [0, 0.05) is 12.0 Å². The highest BCUT2D eigenvalue weighted by Crippen LogP contribution is 2.82. The number of hydrogen-bond donors (Lipinski definition) is 7. The number of ether oxygens (including phenoxy) is 3. The van der Waals surface area contributed by atoms with Crippen molar-refractivity contribution in [1.82, 2.24) is 0 Å². The molecule has 16 atom stereocenters. The Kier molecular flexibility index (Phi) is 10.5. The van der Waals surface area contributed by atoms with E-state index in [0.717, 1.165) is 49.7 Å². The van der Waals surface area contributed by atoms with E-state index < -0.39 is 71.0 Å². The molecule has 1 spiro atoms. The standard InChI is InChI=1S/C46H68O11/c1-40(25-47)19-29-28-13-14-32-41(2)20-31(55-23-27-11-7-6-8-12-27)37(57-38-36(52)35(51)30(49)24-56-38)42(3,26-48)33(41)21-45(15-9-10-16-45)44(32,5)43(28,4)17-18-46(29,39(53)54)34(50)22-40/h6-8,11-13,29-38,47-52H,9-10,14-26H2,1-5H3,(H,53,54)/t29?,30-,31-,32+,33?,34+,35+,36-,37-,38-,40-,41-,42+,43-,44-,46-/m1/s1. The maximum absolute atomic E-state index is 13.4. The molecule has 8 rings (SSSR count). The van der Waals surface area contributed by atoms with Gasteiger partial charge in [0.15, 0.2) is 6.29 Å². The molecule has 0 bridgehead atoms. The lowest BCUT2D eigenvalue weighted by atomic mass is 9.28. The molecule has 6 aliphatic carbocycles. The zero-order valence-corrected chi connectivity index (χ0v) is 34.6. The molecule has 0 aromatic heterocycles. The van der Waals surface area contributed by atoms with E-state index >= 15 is 0 Å². The summed E-state index contributed by atoms with van der Waals surface area (Å²) in [6, 6.07) is 9.93. The van der Waals surface area contributed by atoms with Gasteiger partial charge in [-0.1, -0.05) is 89.4 Å². The van der Waals surface area contributed by atoms with E-state index in [4.69, 9.17) is 14.2 Å². The predicted molar refractivity (Wildman–Crippen MR) is 210 cm³/mol. The van der Waals surface area contributed by atoms with Crippen LogP contribution in [0.4, 0.5) is 0 Å². The minimum Gasteiger partial charge on any atom is -0.481 e. The summed E-state index contributed by atoms with van der Waals surface area (Å²) >= 11 is 0. The highest BCUT2D eigenvalue weighted by Gasteiger charge is 2.77. The maximum Gasteiger partial charge on any atom is 0.312 e. The number of aliphatic hydroxyl groups is 6. The summed E-state index contributed by atoms with van der Waals surface area (Å²) in [4.78, 5) is 13.4. The zero-order valence-electron chi connectivity index (χ0n) is 34.6. The second-order valence-corrected chi connectivity index (χ2v) is 21.0.